The van der Waals surface area contributed by atoms with Gasteiger partial charge in [-0.1, -0.05) is 40.2 Å². The molecule has 3 rings (SSSR count). The van der Waals surface area contributed by atoms with Crippen molar-refractivity contribution in [1.29, 1.82) is 0 Å². The highest BCUT2D eigenvalue weighted by atomic mass is 79.9. The normalized spacial score (nSPS) is 18.6. The molecule has 114 valence electrons. The largest absolute Gasteiger partial charge is 0.480 e. The van der Waals surface area contributed by atoms with Crippen LogP contribution in [0.1, 0.15) is 17.2 Å². The number of halogens is 1. The van der Waals surface area contributed by atoms with Crippen LogP contribution in [0.3, 0.4) is 0 Å². The molecule has 0 radical (unpaired) electrons. The molecule has 2 unspecified atom stereocenters. The van der Waals surface area contributed by atoms with Gasteiger partial charge in [0.05, 0.1) is 6.04 Å². The molecule has 0 aromatic heterocycles. The number of fused-ring (bicyclic) bond motifs is 1. The molecule has 0 saturated heterocycles. The number of benzene rings is 2. The topological polar surface area (TPSA) is 66.6 Å². The van der Waals surface area contributed by atoms with Gasteiger partial charge in [0.1, 0.15) is 6.04 Å². The first-order valence-corrected chi connectivity index (χ1v) is 7.95. The summed E-state index contributed by atoms with van der Waals surface area (Å²) in [5, 5.41) is 9.41. The summed E-state index contributed by atoms with van der Waals surface area (Å²) in [4.78, 5) is 13.6. The summed E-state index contributed by atoms with van der Waals surface area (Å²) in [6.07, 6.45) is 0.884. The molecular formula is C17H17BrN2O2. The van der Waals surface area contributed by atoms with Crippen LogP contribution < -0.4 is 10.6 Å². The Hall–Kier alpha value is -1.85. The number of carbonyl (C=O) groups is 1. The molecule has 0 aliphatic carbocycles. The molecule has 0 bridgehead atoms. The van der Waals surface area contributed by atoms with E-state index in [-0.39, 0.29) is 6.04 Å². The van der Waals surface area contributed by atoms with Crippen LogP contribution in [0, 0.1) is 0 Å². The minimum atomic E-state index is -0.983. The van der Waals surface area contributed by atoms with Crippen molar-refractivity contribution in [2.45, 2.75) is 18.5 Å². The van der Waals surface area contributed by atoms with Crippen LogP contribution in [-0.2, 0) is 11.2 Å². The molecule has 0 spiro atoms. The fourth-order valence-corrected chi connectivity index (χ4v) is 3.31. The Morgan fingerprint density at radius 3 is 2.59 bits per heavy atom. The molecule has 1 aliphatic rings. The lowest BCUT2D eigenvalue weighted by molar-refractivity contribution is -0.139. The van der Waals surface area contributed by atoms with E-state index in [2.05, 4.69) is 26.9 Å². The van der Waals surface area contributed by atoms with Crippen LogP contribution in [0.15, 0.2) is 53.0 Å². The summed E-state index contributed by atoms with van der Waals surface area (Å²) >= 11 is 3.43. The Kier molecular flexibility index (Phi) is 4.18. The number of aliphatic carboxylic acids is 1. The highest BCUT2D eigenvalue weighted by Crippen LogP contribution is 2.35. The number of nitrogens with zero attached hydrogens (tertiary/aromatic N) is 1. The Morgan fingerprint density at radius 2 is 1.91 bits per heavy atom. The van der Waals surface area contributed by atoms with Crippen molar-refractivity contribution in [3.8, 4) is 0 Å². The van der Waals surface area contributed by atoms with Crippen molar-refractivity contribution in [2.75, 3.05) is 11.4 Å². The van der Waals surface area contributed by atoms with Crippen LogP contribution in [0.4, 0.5) is 5.69 Å². The summed E-state index contributed by atoms with van der Waals surface area (Å²) in [6, 6.07) is 14.5. The highest BCUT2D eigenvalue weighted by molar-refractivity contribution is 9.10. The van der Waals surface area contributed by atoms with Crippen molar-refractivity contribution in [2.24, 2.45) is 5.73 Å². The smallest absolute Gasteiger partial charge is 0.322 e. The molecule has 2 aromatic rings. The molecule has 2 atom stereocenters. The first kappa shape index (κ1) is 15.1. The van der Waals surface area contributed by atoms with E-state index in [1.54, 1.807) is 0 Å². The van der Waals surface area contributed by atoms with Crippen molar-refractivity contribution in [1.82, 2.24) is 0 Å². The average molecular weight is 361 g/mol. The molecule has 4 nitrogen and oxygen atoms in total. The van der Waals surface area contributed by atoms with E-state index in [1.165, 1.54) is 5.56 Å². The fraction of sp³-hybridized carbons (Fsp3) is 0.235. The Balaban J connectivity index is 2.06. The molecule has 0 fully saturated rings. The predicted octanol–water partition coefficient (Wildman–Crippen LogP) is 2.96. The number of rotatable bonds is 3. The highest BCUT2D eigenvalue weighted by Gasteiger charge is 2.35. The SMILES string of the molecule is NC(C(=O)O)C1c2ccccc2CCN1c1ccc(Br)cc1. The second-order valence-corrected chi connectivity index (χ2v) is 6.34. The van der Waals surface area contributed by atoms with Crippen LogP contribution in [0.25, 0.3) is 0 Å². The monoisotopic (exact) mass is 360 g/mol. The molecule has 5 heteroatoms. The van der Waals surface area contributed by atoms with Gasteiger partial charge < -0.3 is 15.7 Å². The zero-order chi connectivity index (χ0) is 15.7. The van der Waals surface area contributed by atoms with Gasteiger partial charge >= 0.3 is 5.97 Å². The summed E-state index contributed by atoms with van der Waals surface area (Å²) in [6.45, 7) is 0.754. The minimum absolute atomic E-state index is 0.358. The third-order valence-electron chi connectivity index (χ3n) is 4.12. The quantitative estimate of drug-likeness (QED) is 0.882. The zero-order valence-corrected chi connectivity index (χ0v) is 13.5. The van der Waals surface area contributed by atoms with Gasteiger partial charge in [-0.25, -0.2) is 0 Å². The van der Waals surface area contributed by atoms with E-state index >= 15 is 0 Å². The van der Waals surface area contributed by atoms with Crippen LogP contribution >= 0.6 is 15.9 Å². The summed E-state index contributed by atoms with van der Waals surface area (Å²) in [5.41, 5.74) is 9.18. The fourth-order valence-electron chi connectivity index (χ4n) is 3.04. The number of carboxylic acids is 1. The Labute approximate surface area is 137 Å². The van der Waals surface area contributed by atoms with E-state index in [0.717, 1.165) is 28.7 Å². The zero-order valence-electron chi connectivity index (χ0n) is 11.9. The van der Waals surface area contributed by atoms with Crippen molar-refractivity contribution >= 4 is 27.6 Å². The van der Waals surface area contributed by atoms with Gasteiger partial charge in [0.2, 0.25) is 0 Å². The lowest BCUT2D eigenvalue weighted by Crippen LogP contribution is -2.49. The first-order valence-electron chi connectivity index (χ1n) is 7.16. The van der Waals surface area contributed by atoms with Gasteiger partial charge in [-0.05, 0) is 41.8 Å². The Bertz CT molecular complexity index is 687. The molecule has 1 heterocycles. The van der Waals surface area contributed by atoms with Crippen LogP contribution in [0.2, 0.25) is 0 Å². The summed E-state index contributed by atoms with van der Waals surface area (Å²) < 4.78 is 0.993. The van der Waals surface area contributed by atoms with E-state index in [1.807, 2.05) is 42.5 Å². The maximum atomic E-state index is 11.5. The number of hydrogen-bond donors (Lipinski definition) is 2. The predicted molar refractivity (Wildman–Crippen MR) is 90.0 cm³/mol. The molecule has 2 aromatic carbocycles. The summed E-state index contributed by atoms with van der Waals surface area (Å²) in [5.74, 6) is -0.983. The molecule has 0 saturated carbocycles. The van der Waals surface area contributed by atoms with Gasteiger partial charge in [0, 0.05) is 16.7 Å². The molecule has 0 amide bonds. The lowest BCUT2D eigenvalue weighted by Gasteiger charge is -2.40. The van der Waals surface area contributed by atoms with Crippen LogP contribution in [0.5, 0.6) is 0 Å². The van der Waals surface area contributed by atoms with E-state index in [4.69, 9.17) is 5.73 Å². The van der Waals surface area contributed by atoms with Gasteiger partial charge in [0.15, 0.2) is 0 Å². The molecule has 3 N–H and O–H groups in total. The van der Waals surface area contributed by atoms with Crippen molar-refractivity contribution in [3.05, 3.63) is 64.1 Å². The van der Waals surface area contributed by atoms with Gasteiger partial charge in [-0.3, -0.25) is 4.79 Å². The average Bonchev–Trinajstić information content (AvgIpc) is 2.54. The van der Waals surface area contributed by atoms with Crippen molar-refractivity contribution < 1.29 is 9.90 Å². The van der Waals surface area contributed by atoms with Gasteiger partial charge in [-0.15, -0.1) is 0 Å². The maximum Gasteiger partial charge on any atom is 0.322 e. The number of nitrogens with two attached hydrogens (primary N) is 1. The van der Waals surface area contributed by atoms with E-state index < -0.39 is 12.0 Å². The van der Waals surface area contributed by atoms with Crippen LogP contribution in [-0.4, -0.2) is 23.7 Å². The molecule has 22 heavy (non-hydrogen) atoms. The summed E-state index contributed by atoms with van der Waals surface area (Å²) in [7, 11) is 0. The number of hydrogen-bond acceptors (Lipinski definition) is 3. The van der Waals surface area contributed by atoms with E-state index in [9.17, 15) is 9.90 Å². The first-order chi connectivity index (χ1) is 10.6. The number of anilines is 1. The van der Waals surface area contributed by atoms with Gasteiger partial charge in [-0.2, -0.15) is 0 Å². The second kappa shape index (κ2) is 6.10. The lowest BCUT2D eigenvalue weighted by atomic mass is 9.88. The third kappa shape index (κ3) is 2.74. The Morgan fingerprint density at radius 1 is 1.23 bits per heavy atom. The van der Waals surface area contributed by atoms with Gasteiger partial charge in [0.25, 0.3) is 0 Å². The van der Waals surface area contributed by atoms with Crippen molar-refractivity contribution in [3.63, 3.8) is 0 Å². The second-order valence-electron chi connectivity index (χ2n) is 5.43. The molecular weight excluding hydrogens is 344 g/mol. The number of carboxylic acid groups (broad SMARTS) is 1. The standard InChI is InChI=1S/C17H17BrN2O2/c18-12-5-7-13(8-6-12)20-10-9-11-3-1-2-4-14(11)16(20)15(19)17(21)22/h1-8,15-16H,9-10,19H2,(H,21,22). The molecule has 1 aliphatic heterocycles. The minimum Gasteiger partial charge on any atom is -0.480 e. The third-order valence-corrected chi connectivity index (χ3v) is 4.64. The maximum absolute atomic E-state index is 11.5. The van der Waals surface area contributed by atoms with E-state index in [0.29, 0.717) is 0 Å².